The van der Waals surface area contributed by atoms with Gasteiger partial charge in [0.05, 0.1) is 19.8 Å². The summed E-state index contributed by atoms with van der Waals surface area (Å²) in [5, 5.41) is 11.8. The average molecular weight is 496 g/mol. The summed E-state index contributed by atoms with van der Waals surface area (Å²) in [6.07, 6.45) is -0.909. The molecular formula is C21H26ClN5O5S. The highest BCUT2D eigenvalue weighted by molar-refractivity contribution is 7.99. The predicted molar refractivity (Wildman–Crippen MR) is 127 cm³/mol. The van der Waals surface area contributed by atoms with Gasteiger partial charge in [-0.1, -0.05) is 23.4 Å². The highest BCUT2D eigenvalue weighted by atomic mass is 35.5. The SMILES string of the molecule is Cn1c(=O)[nH]c(=O)c2c1nc(SCCN1CCOCC1)n2C[C@H](O)COc1ccc(Cl)cc1. The third-order valence-electron chi connectivity index (χ3n) is 5.36. The number of halogens is 1. The monoisotopic (exact) mass is 495 g/mol. The van der Waals surface area contributed by atoms with E-state index in [1.807, 2.05) is 0 Å². The minimum Gasteiger partial charge on any atom is -0.491 e. The van der Waals surface area contributed by atoms with E-state index in [0.29, 0.717) is 15.9 Å². The van der Waals surface area contributed by atoms with E-state index >= 15 is 0 Å². The van der Waals surface area contributed by atoms with Crippen LogP contribution in [0.3, 0.4) is 0 Å². The van der Waals surface area contributed by atoms with E-state index in [0.717, 1.165) is 38.6 Å². The number of H-pyrrole nitrogens is 1. The van der Waals surface area contributed by atoms with Gasteiger partial charge >= 0.3 is 5.69 Å². The summed E-state index contributed by atoms with van der Waals surface area (Å²) >= 11 is 7.37. The molecule has 2 N–H and O–H groups in total. The molecule has 0 unspecified atom stereocenters. The third kappa shape index (κ3) is 5.79. The first-order chi connectivity index (χ1) is 15.9. The summed E-state index contributed by atoms with van der Waals surface area (Å²) in [4.78, 5) is 33.8. The van der Waals surface area contributed by atoms with Crippen molar-refractivity contribution in [2.45, 2.75) is 17.8 Å². The highest BCUT2D eigenvalue weighted by Crippen LogP contribution is 2.23. The number of nitrogens with zero attached hydrogens (tertiary/aromatic N) is 4. The number of ether oxygens (including phenoxy) is 2. The molecule has 4 rings (SSSR count). The molecule has 0 radical (unpaired) electrons. The molecule has 2 aromatic heterocycles. The van der Waals surface area contributed by atoms with E-state index in [-0.39, 0.29) is 24.3 Å². The molecule has 1 atom stereocenters. The largest absolute Gasteiger partial charge is 0.491 e. The van der Waals surface area contributed by atoms with E-state index in [1.54, 1.807) is 35.9 Å². The number of thioether (sulfide) groups is 1. The predicted octanol–water partition coefficient (Wildman–Crippen LogP) is 0.941. The molecule has 3 aromatic rings. The summed E-state index contributed by atoms with van der Waals surface area (Å²) in [6.45, 7) is 4.15. The summed E-state index contributed by atoms with van der Waals surface area (Å²) < 4.78 is 14.0. The molecule has 1 saturated heterocycles. The number of benzene rings is 1. The smallest absolute Gasteiger partial charge is 0.329 e. The van der Waals surface area contributed by atoms with Gasteiger partial charge < -0.3 is 19.1 Å². The topological polar surface area (TPSA) is 115 Å². The number of aliphatic hydroxyl groups excluding tert-OH is 1. The van der Waals surface area contributed by atoms with Crippen molar-refractivity contribution in [3.63, 3.8) is 0 Å². The van der Waals surface area contributed by atoms with Crippen molar-refractivity contribution < 1.29 is 14.6 Å². The van der Waals surface area contributed by atoms with Crippen molar-refractivity contribution in [1.29, 1.82) is 0 Å². The maximum absolute atomic E-state index is 12.6. The lowest BCUT2D eigenvalue weighted by molar-refractivity contribution is 0.0410. The van der Waals surface area contributed by atoms with E-state index in [1.165, 1.54) is 16.3 Å². The number of fused-ring (bicyclic) bond motifs is 1. The molecule has 0 bridgehead atoms. The molecule has 1 aliphatic heterocycles. The van der Waals surface area contributed by atoms with Crippen molar-refractivity contribution in [1.82, 2.24) is 24.0 Å². The van der Waals surface area contributed by atoms with Crippen LogP contribution in [0, 0.1) is 0 Å². The number of aromatic nitrogens is 4. The van der Waals surface area contributed by atoms with Gasteiger partial charge in [0.15, 0.2) is 16.3 Å². The Labute approximate surface area is 199 Å². The zero-order valence-electron chi connectivity index (χ0n) is 18.2. The molecule has 0 amide bonds. The van der Waals surface area contributed by atoms with Gasteiger partial charge in [0.1, 0.15) is 18.5 Å². The Morgan fingerprint density at radius 3 is 2.73 bits per heavy atom. The lowest BCUT2D eigenvalue weighted by atomic mass is 10.3. The first-order valence-electron chi connectivity index (χ1n) is 10.6. The van der Waals surface area contributed by atoms with Crippen molar-refractivity contribution in [3.05, 3.63) is 50.1 Å². The van der Waals surface area contributed by atoms with Gasteiger partial charge in [0.2, 0.25) is 0 Å². The molecule has 1 fully saturated rings. The van der Waals surface area contributed by atoms with Gasteiger partial charge in [-0.2, -0.15) is 0 Å². The molecule has 178 valence electrons. The number of aromatic amines is 1. The van der Waals surface area contributed by atoms with Crippen molar-refractivity contribution in [2.75, 3.05) is 45.2 Å². The number of morpholine rings is 1. The quantitative estimate of drug-likeness (QED) is 0.421. The molecule has 1 aliphatic rings. The third-order valence-corrected chi connectivity index (χ3v) is 6.57. The van der Waals surface area contributed by atoms with Crippen LogP contribution in [0.4, 0.5) is 0 Å². The highest BCUT2D eigenvalue weighted by Gasteiger charge is 2.21. The average Bonchev–Trinajstić information content (AvgIpc) is 3.16. The van der Waals surface area contributed by atoms with E-state index < -0.39 is 17.4 Å². The van der Waals surface area contributed by atoms with Crippen LogP contribution in [0.2, 0.25) is 5.02 Å². The van der Waals surface area contributed by atoms with Gasteiger partial charge in [-0.15, -0.1) is 0 Å². The first kappa shape index (κ1) is 23.8. The number of nitrogens with one attached hydrogen (secondary N) is 1. The summed E-state index contributed by atoms with van der Waals surface area (Å²) in [5.74, 6) is 1.32. The van der Waals surface area contributed by atoms with Gasteiger partial charge in [0, 0.05) is 37.5 Å². The fourth-order valence-electron chi connectivity index (χ4n) is 3.57. The zero-order chi connectivity index (χ0) is 23.4. The fraction of sp³-hybridized carbons (Fsp3) is 0.476. The Kier molecular flexibility index (Phi) is 7.76. The lowest BCUT2D eigenvalue weighted by Gasteiger charge is -2.26. The Hall–Kier alpha value is -2.31. The minimum absolute atomic E-state index is 0.0167. The van der Waals surface area contributed by atoms with Gasteiger partial charge in [-0.25, -0.2) is 9.78 Å². The van der Waals surface area contributed by atoms with Gasteiger partial charge in [-0.05, 0) is 24.3 Å². The molecule has 0 saturated carbocycles. The number of rotatable bonds is 9. The van der Waals surface area contributed by atoms with Crippen LogP contribution in [0.1, 0.15) is 0 Å². The standard InChI is InChI=1S/C21H26ClN5O5S/c1-25-18-17(19(29)24-20(25)30)27(12-15(28)13-32-16-4-2-14(22)3-5-16)21(23-18)33-11-8-26-6-9-31-10-7-26/h2-5,15,28H,6-13H2,1H3,(H,24,29,30)/t15-/m0/s1. The number of hydrogen-bond donors (Lipinski definition) is 2. The minimum atomic E-state index is -0.909. The normalized spacial score (nSPS) is 15.7. The molecular weight excluding hydrogens is 470 g/mol. The molecule has 0 aliphatic carbocycles. The molecule has 3 heterocycles. The summed E-state index contributed by atoms with van der Waals surface area (Å²) in [5.41, 5.74) is -0.542. The lowest BCUT2D eigenvalue weighted by Crippen LogP contribution is -2.37. The maximum atomic E-state index is 12.6. The number of imidazole rings is 1. The van der Waals surface area contributed by atoms with Crippen LogP contribution >= 0.6 is 23.4 Å². The maximum Gasteiger partial charge on any atom is 0.329 e. The van der Waals surface area contributed by atoms with E-state index in [4.69, 9.17) is 21.1 Å². The van der Waals surface area contributed by atoms with E-state index in [2.05, 4.69) is 14.9 Å². The second-order valence-corrected chi connectivity index (χ2v) is 9.22. The Bertz CT molecular complexity index is 1200. The first-order valence-corrected chi connectivity index (χ1v) is 12.0. The second kappa shape index (κ2) is 10.7. The van der Waals surface area contributed by atoms with Crippen molar-refractivity contribution in [3.8, 4) is 5.75 Å². The van der Waals surface area contributed by atoms with Crippen LogP contribution in [0.5, 0.6) is 5.75 Å². The Morgan fingerprint density at radius 2 is 2.00 bits per heavy atom. The zero-order valence-corrected chi connectivity index (χ0v) is 19.8. The van der Waals surface area contributed by atoms with Crippen LogP contribution in [-0.4, -0.2) is 80.4 Å². The van der Waals surface area contributed by atoms with Crippen molar-refractivity contribution in [2.24, 2.45) is 7.05 Å². The Balaban J connectivity index is 1.52. The summed E-state index contributed by atoms with van der Waals surface area (Å²) in [7, 11) is 1.56. The molecule has 0 spiro atoms. The van der Waals surface area contributed by atoms with Crippen LogP contribution in [-0.2, 0) is 18.3 Å². The van der Waals surface area contributed by atoms with Gasteiger partial charge in [0.25, 0.3) is 5.56 Å². The number of aryl methyl sites for hydroxylation is 1. The summed E-state index contributed by atoms with van der Waals surface area (Å²) in [6, 6.07) is 6.84. The Morgan fingerprint density at radius 1 is 1.27 bits per heavy atom. The molecule has 12 heteroatoms. The second-order valence-electron chi connectivity index (χ2n) is 7.72. The molecule has 1 aromatic carbocycles. The number of hydrogen-bond acceptors (Lipinski definition) is 8. The van der Waals surface area contributed by atoms with Crippen molar-refractivity contribution >= 4 is 34.5 Å². The van der Waals surface area contributed by atoms with Gasteiger partial charge in [-0.3, -0.25) is 19.2 Å². The molecule has 33 heavy (non-hydrogen) atoms. The molecule has 10 nitrogen and oxygen atoms in total. The van der Waals surface area contributed by atoms with Crippen LogP contribution < -0.4 is 16.0 Å². The van der Waals surface area contributed by atoms with E-state index in [9.17, 15) is 14.7 Å². The van der Waals surface area contributed by atoms with Crippen LogP contribution in [0.15, 0.2) is 39.0 Å². The fourth-order valence-corrected chi connectivity index (χ4v) is 4.70. The number of aliphatic hydroxyl groups is 1. The van der Waals surface area contributed by atoms with Crippen LogP contribution in [0.25, 0.3) is 11.2 Å².